The monoisotopic (exact) mass is 299 g/mol. The molecule has 1 atom stereocenters. The molecule has 21 heavy (non-hydrogen) atoms. The maximum absolute atomic E-state index is 11.9. The van der Waals surface area contributed by atoms with Gasteiger partial charge in [0.15, 0.2) is 0 Å². The number of carbonyl (C=O) groups excluding carboxylic acids is 2. The quantitative estimate of drug-likeness (QED) is 0.728. The molecule has 0 aromatic carbocycles. The first-order valence-corrected chi connectivity index (χ1v) is 7.22. The molecule has 0 bridgehead atoms. The Balaban J connectivity index is 1.71. The number of amides is 3. The molecule has 3 amide bonds. The minimum absolute atomic E-state index is 0.0187. The van der Waals surface area contributed by atoms with Gasteiger partial charge in [0.05, 0.1) is 13.2 Å². The molecule has 2 aliphatic rings. The fourth-order valence-corrected chi connectivity index (χ4v) is 2.62. The molecule has 0 aromatic rings. The summed E-state index contributed by atoms with van der Waals surface area (Å²) in [4.78, 5) is 37.9. The standard InChI is InChI=1S/C13H21N3O5/c17-11(15-6-8-21-9-7-15)3-4-14-13(20)16-5-1-2-10(16)12(18)19/h10H,1-9H2,(H,14,20)(H,18,19). The van der Waals surface area contributed by atoms with Gasteiger partial charge in [0, 0.05) is 32.6 Å². The van der Waals surface area contributed by atoms with E-state index >= 15 is 0 Å². The average Bonchev–Trinajstić information content (AvgIpc) is 2.97. The number of hydrogen-bond donors (Lipinski definition) is 2. The van der Waals surface area contributed by atoms with E-state index in [0.717, 1.165) is 0 Å². The van der Waals surface area contributed by atoms with Gasteiger partial charge < -0.3 is 25.0 Å². The summed E-state index contributed by atoms with van der Waals surface area (Å²) in [5.41, 5.74) is 0. The third-order valence-electron chi connectivity index (χ3n) is 3.78. The zero-order chi connectivity index (χ0) is 15.2. The normalized spacial score (nSPS) is 22.2. The van der Waals surface area contributed by atoms with Crippen molar-refractivity contribution in [2.24, 2.45) is 0 Å². The maximum atomic E-state index is 11.9. The molecule has 0 aromatic heterocycles. The van der Waals surface area contributed by atoms with Gasteiger partial charge in [-0.2, -0.15) is 0 Å². The van der Waals surface area contributed by atoms with E-state index in [2.05, 4.69) is 5.32 Å². The van der Waals surface area contributed by atoms with E-state index in [4.69, 9.17) is 9.84 Å². The Morgan fingerprint density at radius 3 is 2.57 bits per heavy atom. The number of carboxylic acids is 1. The van der Waals surface area contributed by atoms with Gasteiger partial charge in [-0.15, -0.1) is 0 Å². The first kappa shape index (κ1) is 15.6. The largest absolute Gasteiger partial charge is 0.480 e. The number of rotatable bonds is 4. The van der Waals surface area contributed by atoms with Crippen LogP contribution in [0.1, 0.15) is 19.3 Å². The summed E-state index contributed by atoms with van der Waals surface area (Å²) in [6.07, 6.45) is 1.39. The molecule has 0 radical (unpaired) electrons. The molecule has 2 N–H and O–H groups in total. The number of carbonyl (C=O) groups is 3. The molecule has 2 rings (SSSR count). The van der Waals surface area contributed by atoms with Crippen LogP contribution in [0, 0.1) is 0 Å². The van der Waals surface area contributed by atoms with Crippen molar-refractivity contribution in [3.05, 3.63) is 0 Å². The molecule has 8 nitrogen and oxygen atoms in total. The summed E-state index contributed by atoms with van der Waals surface area (Å²) in [6.45, 7) is 2.93. The van der Waals surface area contributed by atoms with Crippen LogP contribution in [0.15, 0.2) is 0 Å². The summed E-state index contributed by atoms with van der Waals surface area (Å²) < 4.78 is 5.17. The fourth-order valence-electron chi connectivity index (χ4n) is 2.62. The van der Waals surface area contributed by atoms with E-state index in [-0.39, 0.29) is 18.9 Å². The van der Waals surface area contributed by atoms with E-state index in [0.29, 0.717) is 45.7 Å². The van der Waals surface area contributed by atoms with Gasteiger partial charge in [0.2, 0.25) is 5.91 Å². The lowest BCUT2D eigenvalue weighted by Crippen LogP contribution is -2.47. The van der Waals surface area contributed by atoms with Crippen LogP contribution in [0.5, 0.6) is 0 Å². The Hall–Kier alpha value is -1.83. The molecule has 1 unspecified atom stereocenters. The predicted molar refractivity (Wildman–Crippen MR) is 72.8 cm³/mol. The molecule has 0 aliphatic carbocycles. The number of urea groups is 1. The second-order valence-electron chi connectivity index (χ2n) is 5.16. The second kappa shape index (κ2) is 7.26. The lowest BCUT2D eigenvalue weighted by molar-refractivity contribution is -0.141. The molecular formula is C13H21N3O5. The number of carboxylic acid groups (broad SMARTS) is 1. The van der Waals surface area contributed by atoms with Crippen molar-refractivity contribution in [2.45, 2.75) is 25.3 Å². The van der Waals surface area contributed by atoms with Crippen molar-refractivity contribution >= 4 is 17.9 Å². The number of nitrogens with zero attached hydrogens (tertiary/aromatic N) is 2. The second-order valence-corrected chi connectivity index (χ2v) is 5.16. The molecule has 0 spiro atoms. The average molecular weight is 299 g/mol. The molecule has 2 saturated heterocycles. The molecule has 118 valence electrons. The summed E-state index contributed by atoms with van der Waals surface area (Å²) in [7, 11) is 0. The summed E-state index contributed by atoms with van der Waals surface area (Å²) in [5, 5.41) is 11.6. The van der Waals surface area contributed by atoms with Gasteiger partial charge in [-0.1, -0.05) is 0 Å². The van der Waals surface area contributed by atoms with Crippen molar-refractivity contribution in [1.82, 2.24) is 15.1 Å². The Labute approximate surface area is 123 Å². The molecule has 2 aliphatic heterocycles. The third-order valence-corrected chi connectivity index (χ3v) is 3.78. The molecule has 2 heterocycles. The topological polar surface area (TPSA) is 99.2 Å². The smallest absolute Gasteiger partial charge is 0.326 e. The third kappa shape index (κ3) is 4.07. The van der Waals surface area contributed by atoms with Crippen LogP contribution < -0.4 is 5.32 Å². The highest BCUT2D eigenvalue weighted by Gasteiger charge is 2.33. The van der Waals surface area contributed by atoms with Gasteiger partial charge in [-0.25, -0.2) is 9.59 Å². The summed E-state index contributed by atoms with van der Waals surface area (Å²) in [5.74, 6) is -0.998. The van der Waals surface area contributed by atoms with Crippen LogP contribution >= 0.6 is 0 Å². The van der Waals surface area contributed by atoms with Crippen molar-refractivity contribution in [3.8, 4) is 0 Å². The van der Waals surface area contributed by atoms with Gasteiger partial charge in [-0.05, 0) is 12.8 Å². The van der Waals surface area contributed by atoms with Crippen LogP contribution in [-0.2, 0) is 14.3 Å². The zero-order valence-corrected chi connectivity index (χ0v) is 11.9. The lowest BCUT2D eigenvalue weighted by atomic mass is 10.2. The minimum atomic E-state index is -0.980. The zero-order valence-electron chi connectivity index (χ0n) is 11.9. The predicted octanol–water partition coefficient (Wildman–Crippen LogP) is -0.506. The molecular weight excluding hydrogens is 278 g/mol. The van der Waals surface area contributed by atoms with E-state index in [1.807, 2.05) is 0 Å². The molecule has 2 fully saturated rings. The summed E-state index contributed by atoms with van der Waals surface area (Å²) in [6, 6.07) is -1.16. The molecule has 0 saturated carbocycles. The van der Waals surface area contributed by atoms with E-state index in [9.17, 15) is 14.4 Å². The Bertz CT molecular complexity index is 409. The molecule has 8 heteroatoms. The Kier molecular flexibility index (Phi) is 5.38. The first-order chi connectivity index (χ1) is 10.1. The van der Waals surface area contributed by atoms with Crippen LogP contribution in [0.3, 0.4) is 0 Å². The lowest BCUT2D eigenvalue weighted by Gasteiger charge is -2.27. The van der Waals surface area contributed by atoms with Gasteiger partial charge >= 0.3 is 12.0 Å². The van der Waals surface area contributed by atoms with Crippen molar-refractivity contribution in [3.63, 3.8) is 0 Å². The number of likely N-dealkylation sites (tertiary alicyclic amines) is 1. The highest BCUT2D eigenvalue weighted by molar-refractivity contribution is 5.83. The van der Waals surface area contributed by atoms with Crippen LogP contribution in [0.2, 0.25) is 0 Å². The van der Waals surface area contributed by atoms with Crippen molar-refractivity contribution in [2.75, 3.05) is 39.4 Å². The highest BCUT2D eigenvalue weighted by atomic mass is 16.5. The number of aliphatic carboxylic acids is 1. The number of morpholine rings is 1. The van der Waals surface area contributed by atoms with E-state index < -0.39 is 18.0 Å². The van der Waals surface area contributed by atoms with Gasteiger partial charge in [0.1, 0.15) is 6.04 Å². The van der Waals surface area contributed by atoms with E-state index in [1.165, 1.54) is 4.90 Å². The van der Waals surface area contributed by atoms with Crippen LogP contribution in [0.25, 0.3) is 0 Å². The van der Waals surface area contributed by atoms with Gasteiger partial charge in [-0.3, -0.25) is 4.79 Å². The van der Waals surface area contributed by atoms with Gasteiger partial charge in [0.25, 0.3) is 0 Å². The summed E-state index contributed by atoms with van der Waals surface area (Å²) >= 11 is 0. The first-order valence-electron chi connectivity index (χ1n) is 7.22. The SMILES string of the molecule is O=C(O)C1CCCN1C(=O)NCCC(=O)N1CCOCC1. The number of ether oxygens (including phenoxy) is 1. The number of hydrogen-bond acceptors (Lipinski definition) is 4. The van der Waals surface area contributed by atoms with Crippen LogP contribution in [-0.4, -0.2) is 78.2 Å². The van der Waals surface area contributed by atoms with Crippen LogP contribution in [0.4, 0.5) is 4.79 Å². The fraction of sp³-hybridized carbons (Fsp3) is 0.769. The highest BCUT2D eigenvalue weighted by Crippen LogP contribution is 2.17. The maximum Gasteiger partial charge on any atom is 0.326 e. The Morgan fingerprint density at radius 2 is 1.90 bits per heavy atom. The Morgan fingerprint density at radius 1 is 1.19 bits per heavy atom. The van der Waals surface area contributed by atoms with Crippen molar-refractivity contribution in [1.29, 1.82) is 0 Å². The van der Waals surface area contributed by atoms with Crippen molar-refractivity contribution < 1.29 is 24.2 Å². The number of nitrogens with one attached hydrogen (secondary N) is 1. The van der Waals surface area contributed by atoms with E-state index in [1.54, 1.807) is 4.90 Å². The minimum Gasteiger partial charge on any atom is -0.480 e.